The van der Waals surface area contributed by atoms with E-state index in [9.17, 15) is 0 Å². The van der Waals surface area contributed by atoms with Crippen molar-refractivity contribution in [2.45, 2.75) is 13.3 Å². The number of benzene rings is 2. The molecule has 0 bridgehead atoms. The summed E-state index contributed by atoms with van der Waals surface area (Å²) >= 11 is 3.48. The third-order valence-corrected chi connectivity index (χ3v) is 4.17. The quantitative estimate of drug-likeness (QED) is 0.633. The number of aromatic nitrogens is 2. The minimum atomic E-state index is 0.776. The summed E-state index contributed by atoms with van der Waals surface area (Å²) in [7, 11) is 0. The summed E-state index contributed by atoms with van der Waals surface area (Å²) in [5.41, 5.74) is 3.50. The Bertz CT molecular complexity index is 805. The number of halogens is 1. The Balaban J connectivity index is 1.61. The number of nitrogens with zero attached hydrogens (tertiary/aromatic N) is 2. The molecule has 0 aliphatic rings. The van der Waals surface area contributed by atoms with Crippen LogP contribution in [0.1, 0.15) is 11.1 Å². The molecule has 122 valence electrons. The highest BCUT2D eigenvalue weighted by molar-refractivity contribution is 9.10. The molecule has 0 fully saturated rings. The van der Waals surface area contributed by atoms with E-state index in [2.05, 4.69) is 73.8 Å². The van der Waals surface area contributed by atoms with E-state index in [1.807, 2.05) is 24.3 Å². The van der Waals surface area contributed by atoms with Gasteiger partial charge in [-0.3, -0.25) is 0 Å². The topological polar surface area (TPSA) is 49.8 Å². The molecule has 0 aliphatic carbocycles. The first kappa shape index (κ1) is 16.5. The van der Waals surface area contributed by atoms with E-state index in [1.165, 1.54) is 5.56 Å². The lowest BCUT2D eigenvalue weighted by atomic mass is 10.1. The largest absolute Gasteiger partial charge is 0.370 e. The lowest BCUT2D eigenvalue weighted by Crippen LogP contribution is -2.07. The summed E-state index contributed by atoms with van der Waals surface area (Å²) in [6.45, 7) is 2.89. The lowest BCUT2D eigenvalue weighted by molar-refractivity contribution is 1.000. The second-order valence-corrected chi connectivity index (χ2v) is 6.45. The molecule has 24 heavy (non-hydrogen) atoms. The van der Waals surface area contributed by atoms with Gasteiger partial charge < -0.3 is 10.6 Å². The smallest absolute Gasteiger partial charge is 0.135 e. The van der Waals surface area contributed by atoms with Gasteiger partial charge in [-0.05, 0) is 42.7 Å². The monoisotopic (exact) mass is 382 g/mol. The van der Waals surface area contributed by atoms with Crippen molar-refractivity contribution in [3.63, 3.8) is 0 Å². The maximum Gasteiger partial charge on any atom is 0.135 e. The zero-order valence-corrected chi connectivity index (χ0v) is 15.0. The van der Waals surface area contributed by atoms with Gasteiger partial charge in [0.25, 0.3) is 0 Å². The van der Waals surface area contributed by atoms with Crippen LogP contribution in [0, 0.1) is 6.92 Å². The number of anilines is 3. The Morgan fingerprint density at radius 1 is 0.958 bits per heavy atom. The van der Waals surface area contributed by atoms with Crippen LogP contribution in [0.4, 0.5) is 17.3 Å². The van der Waals surface area contributed by atoms with E-state index in [0.29, 0.717) is 0 Å². The van der Waals surface area contributed by atoms with Gasteiger partial charge in [0.1, 0.15) is 18.0 Å². The molecule has 5 heteroatoms. The van der Waals surface area contributed by atoms with Crippen molar-refractivity contribution < 1.29 is 0 Å². The fourth-order valence-corrected chi connectivity index (χ4v) is 2.88. The zero-order chi connectivity index (χ0) is 16.8. The second-order valence-electron chi connectivity index (χ2n) is 5.54. The van der Waals surface area contributed by atoms with Crippen LogP contribution in [0.5, 0.6) is 0 Å². The van der Waals surface area contributed by atoms with Crippen LogP contribution >= 0.6 is 15.9 Å². The second kappa shape index (κ2) is 7.93. The van der Waals surface area contributed by atoms with E-state index in [1.54, 1.807) is 6.33 Å². The van der Waals surface area contributed by atoms with Crippen molar-refractivity contribution in [2.75, 3.05) is 17.2 Å². The van der Waals surface area contributed by atoms with Gasteiger partial charge in [0.15, 0.2) is 0 Å². The summed E-state index contributed by atoms with van der Waals surface area (Å²) in [5, 5.41) is 6.68. The molecule has 0 saturated carbocycles. The van der Waals surface area contributed by atoms with E-state index in [-0.39, 0.29) is 0 Å². The van der Waals surface area contributed by atoms with Crippen molar-refractivity contribution in [1.29, 1.82) is 0 Å². The summed E-state index contributed by atoms with van der Waals surface area (Å²) in [5.74, 6) is 1.59. The fourth-order valence-electron chi connectivity index (χ4n) is 2.41. The van der Waals surface area contributed by atoms with Gasteiger partial charge in [0.05, 0.1) is 0 Å². The highest BCUT2D eigenvalue weighted by atomic mass is 79.9. The van der Waals surface area contributed by atoms with E-state index >= 15 is 0 Å². The highest BCUT2D eigenvalue weighted by Gasteiger charge is 2.03. The van der Waals surface area contributed by atoms with Crippen LogP contribution < -0.4 is 10.6 Å². The molecule has 2 N–H and O–H groups in total. The van der Waals surface area contributed by atoms with Gasteiger partial charge in [0.2, 0.25) is 0 Å². The van der Waals surface area contributed by atoms with E-state index < -0.39 is 0 Å². The van der Waals surface area contributed by atoms with Crippen LogP contribution in [0.3, 0.4) is 0 Å². The molecule has 3 rings (SSSR count). The van der Waals surface area contributed by atoms with Crippen LogP contribution in [0.2, 0.25) is 0 Å². The van der Waals surface area contributed by atoms with Gasteiger partial charge in [-0.15, -0.1) is 0 Å². The maximum absolute atomic E-state index is 4.29. The normalized spacial score (nSPS) is 10.4. The zero-order valence-electron chi connectivity index (χ0n) is 13.5. The van der Waals surface area contributed by atoms with Gasteiger partial charge >= 0.3 is 0 Å². The van der Waals surface area contributed by atoms with Crippen LogP contribution in [-0.4, -0.2) is 16.5 Å². The fraction of sp³-hybridized carbons (Fsp3) is 0.158. The van der Waals surface area contributed by atoms with Gasteiger partial charge in [-0.1, -0.05) is 46.3 Å². The Morgan fingerprint density at radius 2 is 1.75 bits per heavy atom. The molecule has 1 aromatic heterocycles. The molecule has 0 spiro atoms. The van der Waals surface area contributed by atoms with Crippen LogP contribution in [-0.2, 0) is 6.42 Å². The molecule has 0 atom stereocenters. The molecule has 0 unspecified atom stereocenters. The van der Waals surface area contributed by atoms with E-state index in [0.717, 1.165) is 40.3 Å². The minimum Gasteiger partial charge on any atom is -0.370 e. The van der Waals surface area contributed by atoms with Crippen LogP contribution in [0.25, 0.3) is 0 Å². The molecule has 0 aliphatic heterocycles. The standard InChI is InChI=1S/C19H19BrN4/c1-14-11-16(20)7-8-17(14)24-19-12-18(22-13-23-19)21-10-9-15-5-3-2-4-6-15/h2-8,11-13H,9-10H2,1H3,(H2,21,22,23,24). The lowest BCUT2D eigenvalue weighted by Gasteiger charge is -2.11. The summed E-state index contributed by atoms with van der Waals surface area (Å²) in [4.78, 5) is 8.57. The predicted octanol–water partition coefficient (Wildman–Crippen LogP) is 4.95. The van der Waals surface area contributed by atoms with Gasteiger partial charge in [0, 0.05) is 22.8 Å². The SMILES string of the molecule is Cc1cc(Br)ccc1Nc1cc(NCCc2ccccc2)ncn1. The molecule has 2 aromatic carbocycles. The minimum absolute atomic E-state index is 0.776. The number of aryl methyl sites for hydroxylation is 1. The Hall–Kier alpha value is -2.40. The first-order chi connectivity index (χ1) is 11.7. The molecule has 0 amide bonds. The summed E-state index contributed by atoms with van der Waals surface area (Å²) < 4.78 is 1.07. The number of hydrogen-bond donors (Lipinski definition) is 2. The average molecular weight is 383 g/mol. The molecule has 3 aromatic rings. The average Bonchev–Trinajstić information content (AvgIpc) is 2.59. The van der Waals surface area contributed by atoms with Crippen molar-refractivity contribution in [2.24, 2.45) is 0 Å². The predicted molar refractivity (Wildman–Crippen MR) is 103 cm³/mol. The van der Waals surface area contributed by atoms with E-state index in [4.69, 9.17) is 0 Å². The van der Waals surface area contributed by atoms with Crippen molar-refractivity contribution in [1.82, 2.24) is 9.97 Å². The first-order valence-electron chi connectivity index (χ1n) is 7.84. The Kier molecular flexibility index (Phi) is 5.43. The molecular weight excluding hydrogens is 364 g/mol. The summed E-state index contributed by atoms with van der Waals surface area (Å²) in [6.07, 6.45) is 2.53. The number of rotatable bonds is 6. The molecule has 0 saturated heterocycles. The molecule has 4 nitrogen and oxygen atoms in total. The number of hydrogen-bond acceptors (Lipinski definition) is 4. The maximum atomic E-state index is 4.29. The molecular formula is C19H19BrN4. The summed E-state index contributed by atoms with van der Waals surface area (Å²) in [6, 6.07) is 18.4. The molecule has 1 heterocycles. The van der Waals surface area contributed by atoms with Crippen molar-refractivity contribution >= 4 is 33.3 Å². The van der Waals surface area contributed by atoms with Crippen molar-refractivity contribution in [3.8, 4) is 0 Å². The molecule has 0 radical (unpaired) electrons. The van der Waals surface area contributed by atoms with Gasteiger partial charge in [-0.25, -0.2) is 9.97 Å². The number of nitrogens with one attached hydrogen (secondary N) is 2. The third-order valence-electron chi connectivity index (χ3n) is 3.68. The van der Waals surface area contributed by atoms with Gasteiger partial charge in [-0.2, -0.15) is 0 Å². The Labute approximate surface area is 150 Å². The van der Waals surface area contributed by atoms with Crippen LogP contribution in [0.15, 0.2) is 65.4 Å². The third kappa shape index (κ3) is 4.55. The highest BCUT2D eigenvalue weighted by Crippen LogP contribution is 2.23. The first-order valence-corrected chi connectivity index (χ1v) is 8.63. The Morgan fingerprint density at radius 3 is 2.54 bits per heavy atom. The van der Waals surface area contributed by atoms with Crippen molar-refractivity contribution in [3.05, 3.63) is 76.5 Å².